The smallest absolute Gasteiger partial charge is 0.0838 e. The molecule has 0 bridgehead atoms. The fourth-order valence-corrected chi connectivity index (χ4v) is 1.86. The Bertz CT molecular complexity index is 177. The van der Waals surface area contributed by atoms with Crippen LogP contribution in [0.1, 0.15) is 46.0 Å². The Kier molecular flexibility index (Phi) is 5.20. The zero-order chi connectivity index (χ0) is 10.4. The second kappa shape index (κ2) is 6.20. The zero-order valence-corrected chi connectivity index (χ0v) is 9.28. The lowest BCUT2D eigenvalue weighted by Gasteiger charge is -2.25. The second-order valence-electron chi connectivity index (χ2n) is 3.96. The Morgan fingerprint density at radius 1 is 1.29 bits per heavy atom. The van der Waals surface area contributed by atoms with E-state index in [4.69, 9.17) is 4.74 Å². The van der Waals surface area contributed by atoms with Gasteiger partial charge in [-0.2, -0.15) is 0 Å². The van der Waals surface area contributed by atoms with Gasteiger partial charge in [-0.25, -0.2) is 0 Å². The summed E-state index contributed by atoms with van der Waals surface area (Å²) in [5.74, 6) is 0. The minimum Gasteiger partial charge on any atom is -0.390 e. The highest BCUT2D eigenvalue weighted by atomic mass is 16.5. The number of rotatable bonds is 2. The van der Waals surface area contributed by atoms with E-state index in [1.807, 2.05) is 0 Å². The van der Waals surface area contributed by atoms with Crippen LogP contribution in [0.3, 0.4) is 0 Å². The molecule has 0 aromatic rings. The molecule has 3 atom stereocenters. The molecule has 0 aromatic carbocycles. The predicted molar refractivity (Wildman–Crippen MR) is 58.2 cm³/mol. The van der Waals surface area contributed by atoms with Crippen molar-refractivity contribution in [1.29, 1.82) is 0 Å². The van der Waals surface area contributed by atoms with E-state index in [1.54, 1.807) is 0 Å². The van der Waals surface area contributed by atoms with Crippen molar-refractivity contribution in [2.45, 2.75) is 64.3 Å². The Balaban J connectivity index is 2.58. The molecule has 1 aliphatic rings. The van der Waals surface area contributed by atoms with Crippen molar-refractivity contribution < 1.29 is 9.84 Å². The van der Waals surface area contributed by atoms with Gasteiger partial charge in [0.2, 0.25) is 0 Å². The molecule has 0 aliphatic carbocycles. The van der Waals surface area contributed by atoms with Gasteiger partial charge in [-0.3, -0.25) is 0 Å². The SMILES string of the molecule is CC[C@@H]1CC/C=C\C[C@H](O)[C@@H](CC)O1. The van der Waals surface area contributed by atoms with Crippen molar-refractivity contribution >= 4 is 0 Å². The summed E-state index contributed by atoms with van der Waals surface area (Å²) in [5.41, 5.74) is 0. The van der Waals surface area contributed by atoms with Crippen molar-refractivity contribution in [3.8, 4) is 0 Å². The molecule has 0 saturated heterocycles. The van der Waals surface area contributed by atoms with Gasteiger partial charge in [0.25, 0.3) is 0 Å². The largest absolute Gasteiger partial charge is 0.390 e. The van der Waals surface area contributed by atoms with Gasteiger partial charge in [0.15, 0.2) is 0 Å². The van der Waals surface area contributed by atoms with Gasteiger partial charge in [0.05, 0.1) is 18.3 Å². The molecule has 0 saturated carbocycles. The molecule has 1 N–H and O–H groups in total. The first-order valence-corrected chi connectivity index (χ1v) is 5.76. The quantitative estimate of drug-likeness (QED) is 0.691. The predicted octanol–water partition coefficient (Wildman–Crippen LogP) is 2.66. The van der Waals surface area contributed by atoms with E-state index in [2.05, 4.69) is 26.0 Å². The van der Waals surface area contributed by atoms with E-state index in [0.717, 1.165) is 32.1 Å². The molecule has 0 fully saturated rings. The average Bonchev–Trinajstić information content (AvgIpc) is 2.29. The summed E-state index contributed by atoms with van der Waals surface area (Å²) in [7, 11) is 0. The van der Waals surface area contributed by atoms with Gasteiger partial charge in [0, 0.05) is 0 Å². The fraction of sp³-hybridized carbons (Fsp3) is 0.833. The first-order chi connectivity index (χ1) is 6.77. The monoisotopic (exact) mass is 198 g/mol. The Labute approximate surface area is 87.0 Å². The highest BCUT2D eigenvalue weighted by Gasteiger charge is 2.21. The summed E-state index contributed by atoms with van der Waals surface area (Å²) in [4.78, 5) is 0. The van der Waals surface area contributed by atoms with Gasteiger partial charge in [0.1, 0.15) is 0 Å². The van der Waals surface area contributed by atoms with Crippen LogP contribution in [-0.2, 0) is 4.74 Å². The average molecular weight is 198 g/mol. The molecule has 1 rings (SSSR count). The summed E-state index contributed by atoms with van der Waals surface area (Å²) in [6.07, 6.45) is 9.06. The molecule has 1 aliphatic heterocycles. The van der Waals surface area contributed by atoms with Crippen molar-refractivity contribution in [3.05, 3.63) is 12.2 Å². The van der Waals surface area contributed by atoms with Crippen LogP contribution >= 0.6 is 0 Å². The molecule has 0 spiro atoms. The van der Waals surface area contributed by atoms with Gasteiger partial charge in [-0.15, -0.1) is 0 Å². The van der Waals surface area contributed by atoms with E-state index in [-0.39, 0.29) is 12.2 Å². The maximum atomic E-state index is 9.84. The van der Waals surface area contributed by atoms with E-state index in [1.165, 1.54) is 0 Å². The molecule has 14 heavy (non-hydrogen) atoms. The van der Waals surface area contributed by atoms with Crippen molar-refractivity contribution in [2.24, 2.45) is 0 Å². The van der Waals surface area contributed by atoms with Gasteiger partial charge < -0.3 is 9.84 Å². The molecule has 82 valence electrons. The van der Waals surface area contributed by atoms with Crippen LogP contribution in [0.25, 0.3) is 0 Å². The highest BCUT2D eigenvalue weighted by molar-refractivity contribution is 4.88. The molecule has 0 amide bonds. The molecule has 0 unspecified atom stereocenters. The summed E-state index contributed by atoms with van der Waals surface area (Å²) >= 11 is 0. The first kappa shape index (κ1) is 11.7. The minimum absolute atomic E-state index is 0.0164. The standard InChI is InChI=1S/C12H22O2/c1-3-10-8-6-5-7-9-11(13)12(4-2)14-10/h5,7,10-13H,3-4,6,8-9H2,1-2H3/b7-5-/t10-,11+,12-/m1/s1. The maximum absolute atomic E-state index is 9.84. The molecule has 0 radical (unpaired) electrons. The van der Waals surface area contributed by atoms with Gasteiger partial charge in [-0.1, -0.05) is 26.0 Å². The third kappa shape index (κ3) is 3.43. The van der Waals surface area contributed by atoms with Crippen LogP contribution in [0.2, 0.25) is 0 Å². The summed E-state index contributed by atoms with van der Waals surface area (Å²) < 4.78 is 5.89. The normalized spacial score (nSPS) is 36.9. The number of hydrogen-bond acceptors (Lipinski definition) is 2. The van der Waals surface area contributed by atoms with Crippen molar-refractivity contribution in [3.63, 3.8) is 0 Å². The highest BCUT2D eigenvalue weighted by Crippen LogP contribution is 2.18. The summed E-state index contributed by atoms with van der Waals surface area (Å²) in [6, 6.07) is 0. The summed E-state index contributed by atoms with van der Waals surface area (Å²) in [5, 5.41) is 9.84. The third-order valence-electron chi connectivity index (χ3n) is 2.85. The Morgan fingerprint density at radius 2 is 2.07 bits per heavy atom. The summed E-state index contributed by atoms with van der Waals surface area (Å²) in [6.45, 7) is 4.22. The molecule has 0 aromatic heterocycles. The van der Waals surface area contributed by atoms with E-state index >= 15 is 0 Å². The number of aliphatic hydroxyl groups is 1. The van der Waals surface area contributed by atoms with Crippen LogP contribution in [0.4, 0.5) is 0 Å². The lowest BCUT2D eigenvalue weighted by Crippen LogP contribution is -2.31. The van der Waals surface area contributed by atoms with Crippen LogP contribution in [0.15, 0.2) is 12.2 Å². The van der Waals surface area contributed by atoms with Crippen LogP contribution in [0, 0.1) is 0 Å². The third-order valence-corrected chi connectivity index (χ3v) is 2.85. The lowest BCUT2D eigenvalue weighted by molar-refractivity contribution is -0.0789. The van der Waals surface area contributed by atoms with Crippen molar-refractivity contribution in [1.82, 2.24) is 0 Å². The molecular formula is C12H22O2. The van der Waals surface area contributed by atoms with Gasteiger partial charge >= 0.3 is 0 Å². The second-order valence-corrected chi connectivity index (χ2v) is 3.96. The number of ether oxygens (including phenoxy) is 1. The Hall–Kier alpha value is -0.340. The van der Waals surface area contributed by atoms with E-state index < -0.39 is 0 Å². The van der Waals surface area contributed by atoms with Crippen LogP contribution in [-0.4, -0.2) is 23.4 Å². The van der Waals surface area contributed by atoms with Crippen molar-refractivity contribution in [2.75, 3.05) is 0 Å². The Morgan fingerprint density at radius 3 is 2.71 bits per heavy atom. The number of allylic oxidation sites excluding steroid dienone is 1. The topological polar surface area (TPSA) is 29.5 Å². The fourth-order valence-electron chi connectivity index (χ4n) is 1.86. The molecular weight excluding hydrogens is 176 g/mol. The lowest BCUT2D eigenvalue weighted by atomic mass is 10.1. The molecule has 2 heteroatoms. The van der Waals surface area contributed by atoms with Crippen LogP contribution < -0.4 is 0 Å². The zero-order valence-electron chi connectivity index (χ0n) is 9.28. The molecule has 2 nitrogen and oxygen atoms in total. The minimum atomic E-state index is -0.330. The van der Waals surface area contributed by atoms with E-state index in [9.17, 15) is 5.11 Å². The first-order valence-electron chi connectivity index (χ1n) is 5.76. The molecule has 1 heterocycles. The number of hydrogen-bond donors (Lipinski definition) is 1. The number of aliphatic hydroxyl groups excluding tert-OH is 1. The maximum Gasteiger partial charge on any atom is 0.0838 e. The van der Waals surface area contributed by atoms with E-state index in [0.29, 0.717) is 6.10 Å². The van der Waals surface area contributed by atoms with Crippen LogP contribution in [0.5, 0.6) is 0 Å². The van der Waals surface area contributed by atoms with Gasteiger partial charge in [-0.05, 0) is 32.1 Å².